The van der Waals surface area contributed by atoms with E-state index in [1.165, 1.54) is 34.6 Å². The lowest BCUT2D eigenvalue weighted by molar-refractivity contribution is -0.119. The van der Waals surface area contributed by atoms with Crippen LogP contribution in [0.2, 0.25) is 5.02 Å². The van der Waals surface area contributed by atoms with Gasteiger partial charge in [-0.3, -0.25) is 4.79 Å². The maximum absolute atomic E-state index is 12.1. The molecule has 0 spiro atoms. The molecule has 6 heteroatoms. The number of nitrogens with one attached hydrogen (secondary N) is 1. The van der Waals surface area contributed by atoms with Gasteiger partial charge in [0, 0.05) is 15.6 Å². The lowest BCUT2D eigenvalue weighted by Gasteiger charge is -2.08. The average Bonchev–Trinajstić information content (AvgIpc) is 2.99. The zero-order valence-corrected chi connectivity index (χ0v) is 14.9. The normalized spacial score (nSPS) is 13.2. The zero-order chi connectivity index (χ0) is 17.1. The molecule has 0 saturated heterocycles. The third-order valence-corrected chi connectivity index (χ3v) is 5.45. The maximum atomic E-state index is 12.1. The number of benzene rings is 1. The summed E-state index contributed by atoms with van der Waals surface area (Å²) in [6.45, 7) is 1.55. The van der Waals surface area contributed by atoms with E-state index >= 15 is 0 Å². The van der Waals surface area contributed by atoms with Crippen molar-refractivity contribution >= 4 is 40.5 Å². The van der Waals surface area contributed by atoms with Gasteiger partial charge in [0.05, 0.1) is 0 Å². The van der Waals surface area contributed by atoms with E-state index < -0.39 is 5.97 Å². The molecule has 4 nitrogen and oxygen atoms in total. The number of aryl methyl sites for hydroxylation is 3. The van der Waals surface area contributed by atoms with Crippen LogP contribution in [-0.4, -0.2) is 18.5 Å². The lowest BCUT2D eigenvalue weighted by Crippen LogP contribution is -2.21. The van der Waals surface area contributed by atoms with Gasteiger partial charge in [-0.2, -0.15) is 0 Å². The van der Waals surface area contributed by atoms with E-state index in [0.717, 1.165) is 18.4 Å². The van der Waals surface area contributed by atoms with Crippen LogP contribution in [0, 0.1) is 6.92 Å². The fraction of sp³-hybridized carbons (Fsp3) is 0.333. The molecule has 1 amide bonds. The van der Waals surface area contributed by atoms with Gasteiger partial charge in [-0.15, -0.1) is 11.3 Å². The molecule has 3 rings (SSSR count). The third kappa shape index (κ3) is 3.97. The van der Waals surface area contributed by atoms with Gasteiger partial charge in [0.2, 0.25) is 0 Å². The van der Waals surface area contributed by atoms with Gasteiger partial charge < -0.3 is 10.1 Å². The predicted molar refractivity (Wildman–Crippen MR) is 96.1 cm³/mol. The number of anilines is 1. The fourth-order valence-electron chi connectivity index (χ4n) is 2.75. The second kappa shape index (κ2) is 7.36. The van der Waals surface area contributed by atoms with E-state index in [2.05, 4.69) is 5.32 Å². The number of carbonyl (C=O) groups excluding carboxylic acids is 2. The summed E-state index contributed by atoms with van der Waals surface area (Å²) in [5.74, 6) is -0.799. The Labute approximate surface area is 149 Å². The van der Waals surface area contributed by atoms with E-state index in [1.807, 2.05) is 13.0 Å². The summed E-state index contributed by atoms with van der Waals surface area (Å²) >= 11 is 7.37. The van der Waals surface area contributed by atoms with Gasteiger partial charge in [0.25, 0.3) is 5.91 Å². The van der Waals surface area contributed by atoms with Gasteiger partial charge in [0.15, 0.2) is 6.61 Å². The topological polar surface area (TPSA) is 55.4 Å². The monoisotopic (exact) mass is 363 g/mol. The largest absolute Gasteiger partial charge is 0.451 e. The summed E-state index contributed by atoms with van der Waals surface area (Å²) in [6, 6.07) is 7.10. The van der Waals surface area contributed by atoms with Crippen molar-refractivity contribution in [2.24, 2.45) is 0 Å². The standard InChI is InChI=1S/C18H18ClNO3S/c1-11-8-13(19)6-7-14(11)20-17(21)10-23-18(22)16-9-12-4-2-3-5-15(12)24-16/h6-9H,2-5,10H2,1H3,(H,20,21). The maximum Gasteiger partial charge on any atom is 0.348 e. The first-order chi connectivity index (χ1) is 11.5. The van der Waals surface area contributed by atoms with Crippen LogP contribution < -0.4 is 5.32 Å². The SMILES string of the molecule is Cc1cc(Cl)ccc1NC(=O)COC(=O)c1cc2c(s1)CCCC2. The summed E-state index contributed by atoms with van der Waals surface area (Å²) < 4.78 is 5.14. The van der Waals surface area contributed by atoms with Crippen molar-refractivity contribution in [1.29, 1.82) is 0 Å². The molecule has 24 heavy (non-hydrogen) atoms. The molecule has 1 heterocycles. The predicted octanol–water partition coefficient (Wildman–Crippen LogP) is 4.38. The van der Waals surface area contributed by atoms with Crippen LogP contribution in [0.15, 0.2) is 24.3 Å². The van der Waals surface area contributed by atoms with Crippen molar-refractivity contribution in [3.63, 3.8) is 0 Å². The molecule has 0 aliphatic heterocycles. The van der Waals surface area contributed by atoms with Crippen molar-refractivity contribution in [2.45, 2.75) is 32.6 Å². The molecular formula is C18H18ClNO3S. The van der Waals surface area contributed by atoms with Crippen molar-refractivity contribution in [3.8, 4) is 0 Å². The molecule has 0 unspecified atom stereocenters. The number of rotatable bonds is 4. The summed E-state index contributed by atoms with van der Waals surface area (Å²) in [5.41, 5.74) is 2.76. The molecule has 0 radical (unpaired) electrons. The summed E-state index contributed by atoms with van der Waals surface area (Å²) in [5, 5.41) is 3.33. The van der Waals surface area contributed by atoms with Crippen LogP contribution in [0.1, 0.15) is 38.5 Å². The van der Waals surface area contributed by atoms with Crippen LogP contribution in [0.5, 0.6) is 0 Å². The number of hydrogen-bond donors (Lipinski definition) is 1. The molecular weight excluding hydrogens is 346 g/mol. The summed E-state index contributed by atoms with van der Waals surface area (Å²) in [7, 11) is 0. The van der Waals surface area contributed by atoms with Crippen LogP contribution in [-0.2, 0) is 22.4 Å². The van der Waals surface area contributed by atoms with Gasteiger partial charge in [-0.1, -0.05) is 11.6 Å². The number of fused-ring (bicyclic) bond motifs is 1. The fourth-order valence-corrected chi connectivity index (χ4v) is 4.12. The highest BCUT2D eigenvalue weighted by Gasteiger charge is 2.19. The van der Waals surface area contributed by atoms with Crippen molar-refractivity contribution < 1.29 is 14.3 Å². The van der Waals surface area contributed by atoms with E-state index in [1.54, 1.807) is 18.2 Å². The van der Waals surface area contributed by atoms with Crippen molar-refractivity contribution in [1.82, 2.24) is 0 Å². The number of amides is 1. The Morgan fingerprint density at radius 2 is 2.04 bits per heavy atom. The smallest absolute Gasteiger partial charge is 0.348 e. The van der Waals surface area contributed by atoms with Gasteiger partial charge in [-0.25, -0.2) is 4.79 Å². The Balaban J connectivity index is 1.55. The Morgan fingerprint density at radius 3 is 2.79 bits per heavy atom. The first-order valence-electron chi connectivity index (χ1n) is 7.87. The highest BCUT2D eigenvalue weighted by atomic mass is 35.5. The van der Waals surface area contributed by atoms with E-state index in [9.17, 15) is 9.59 Å². The molecule has 2 aromatic rings. The van der Waals surface area contributed by atoms with E-state index in [0.29, 0.717) is 15.6 Å². The Hall–Kier alpha value is -1.85. The molecule has 0 fully saturated rings. The number of thiophene rings is 1. The van der Waals surface area contributed by atoms with Crippen molar-refractivity contribution in [2.75, 3.05) is 11.9 Å². The number of ether oxygens (including phenoxy) is 1. The Kier molecular flexibility index (Phi) is 5.21. The minimum absolute atomic E-state index is 0.302. The third-order valence-electron chi connectivity index (χ3n) is 3.99. The minimum atomic E-state index is -0.433. The molecule has 0 bridgehead atoms. The quantitative estimate of drug-likeness (QED) is 0.820. The first-order valence-corrected chi connectivity index (χ1v) is 9.07. The molecule has 0 saturated carbocycles. The number of hydrogen-bond acceptors (Lipinski definition) is 4. The van der Waals surface area contributed by atoms with Gasteiger partial charge in [-0.05, 0) is 68.0 Å². The second-order valence-corrected chi connectivity index (χ2v) is 7.42. The van der Waals surface area contributed by atoms with Gasteiger partial charge >= 0.3 is 5.97 Å². The molecule has 126 valence electrons. The highest BCUT2D eigenvalue weighted by Crippen LogP contribution is 2.30. The van der Waals surface area contributed by atoms with E-state index in [-0.39, 0.29) is 12.5 Å². The van der Waals surface area contributed by atoms with Crippen molar-refractivity contribution in [3.05, 3.63) is 50.2 Å². The molecule has 0 atom stereocenters. The molecule has 1 aliphatic rings. The second-order valence-electron chi connectivity index (χ2n) is 5.85. The molecule has 1 N–H and O–H groups in total. The van der Waals surface area contributed by atoms with Crippen LogP contribution >= 0.6 is 22.9 Å². The molecule has 1 aromatic carbocycles. The molecule has 1 aromatic heterocycles. The lowest BCUT2D eigenvalue weighted by atomic mass is 9.99. The zero-order valence-electron chi connectivity index (χ0n) is 13.4. The van der Waals surface area contributed by atoms with Gasteiger partial charge in [0.1, 0.15) is 4.88 Å². The number of esters is 1. The number of carbonyl (C=O) groups is 2. The van der Waals surface area contributed by atoms with E-state index in [4.69, 9.17) is 16.3 Å². The minimum Gasteiger partial charge on any atom is -0.451 e. The molecule has 1 aliphatic carbocycles. The Bertz CT molecular complexity index is 761. The summed E-state index contributed by atoms with van der Waals surface area (Å²) in [4.78, 5) is 25.9. The average molecular weight is 364 g/mol. The highest BCUT2D eigenvalue weighted by molar-refractivity contribution is 7.14. The number of halogens is 1. The van der Waals surface area contributed by atoms with Crippen LogP contribution in [0.3, 0.4) is 0 Å². The van der Waals surface area contributed by atoms with Crippen LogP contribution in [0.25, 0.3) is 0 Å². The first kappa shape index (κ1) is 17.0. The van der Waals surface area contributed by atoms with Crippen LogP contribution in [0.4, 0.5) is 5.69 Å². The summed E-state index contributed by atoms with van der Waals surface area (Å²) in [6.07, 6.45) is 4.39. The Morgan fingerprint density at radius 1 is 1.25 bits per heavy atom.